The largest absolute Gasteiger partial charge is 0.355 e. The summed E-state index contributed by atoms with van der Waals surface area (Å²) in [6, 6.07) is 10.7. The number of aromatic nitrogens is 2. The number of benzene rings is 2. The number of carbonyl (C=O) groups is 1. The maximum atomic E-state index is 14.3. The molecule has 0 bridgehead atoms. The first-order valence-electron chi connectivity index (χ1n) is 9.88. The molecule has 0 saturated heterocycles. The molecule has 168 valence electrons. The van der Waals surface area contributed by atoms with Gasteiger partial charge < -0.3 is 16.0 Å². The van der Waals surface area contributed by atoms with Gasteiger partial charge in [-0.25, -0.2) is 9.37 Å². The van der Waals surface area contributed by atoms with Gasteiger partial charge in [-0.3, -0.25) is 9.52 Å². The van der Waals surface area contributed by atoms with Crippen molar-refractivity contribution in [2.45, 2.75) is 31.7 Å². The Labute approximate surface area is 199 Å². The number of aryl methyl sites for hydroxylation is 1. The first kappa shape index (κ1) is 24.0. The van der Waals surface area contributed by atoms with E-state index < -0.39 is 11.7 Å². The summed E-state index contributed by atoms with van der Waals surface area (Å²) in [6.45, 7) is 6.22. The molecule has 7 nitrogen and oxygen atoms in total. The van der Waals surface area contributed by atoms with Gasteiger partial charge >= 0.3 is 0 Å². The highest BCUT2D eigenvalue weighted by Gasteiger charge is 2.17. The molecule has 0 spiro atoms. The fraction of sp³-hybridized carbons (Fsp3) is 0.227. The zero-order valence-electron chi connectivity index (χ0n) is 18.1. The molecule has 10 heteroatoms. The van der Waals surface area contributed by atoms with Crippen molar-refractivity contribution in [3.05, 3.63) is 64.0 Å². The molecule has 0 aliphatic rings. The lowest BCUT2D eigenvalue weighted by atomic mass is 10.1. The molecule has 0 fully saturated rings. The molecule has 1 heterocycles. The second kappa shape index (κ2) is 10.8. The van der Waals surface area contributed by atoms with Crippen LogP contribution in [-0.4, -0.2) is 29.0 Å². The predicted octanol–water partition coefficient (Wildman–Crippen LogP) is 5.54. The van der Waals surface area contributed by atoms with Crippen LogP contribution in [0.2, 0.25) is 0 Å². The maximum absolute atomic E-state index is 14.3. The van der Waals surface area contributed by atoms with Gasteiger partial charge in [0.25, 0.3) is 5.91 Å². The Morgan fingerprint density at radius 1 is 1.19 bits per heavy atom. The highest BCUT2D eigenvalue weighted by Crippen LogP contribution is 2.29. The Balaban J connectivity index is 1.82. The topological polar surface area (TPSA) is 91.0 Å². The minimum absolute atomic E-state index is 0.0891. The van der Waals surface area contributed by atoms with E-state index in [1.807, 2.05) is 25.1 Å². The zero-order valence-corrected chi connectivity index (χ0v) is 20.5. The first-order valence-corrected chi connectivity index (χ1v) is 11.5. The number of anilines is 4. The molecular weight excluding hydrogens is 495 g/mol. The van der Waals surface area contributed by atoms with E-state index in [0.717, 1.165) is 16.1 Å². The molecule has 1 amide bonds. The van der Waals surface area contributed by atoms with Gasteiger partial charge in [0, 0.05) is 29.9 Å². The van der Waals surface area contributed by atoms with Crippen LogP contribution >= 0.6 is 27.9 Å². The van der Waals surface area contributed by atoms with E-state index in [-0.39, 0.29) is 5.56 Å². The molecule has 0 radical (unpaired) electrons. The van der Waals surface area contributed by atoms with Gasteiger partial charge in [0.2, 0.25) is 5.95 Å². The first-order chi connectivity index (χ1) is 15.3. The van der Waals surface area contributed by atoms with E-state index in [2.05, 4.69) is 60.4 Å². The number of amides is 1. The summed E-state index contributed by atoms with van der Waals surface area (Å²) < 4.78 is 18.2. The van der Waals surface area contributed by atoms with Crippen molar-refractivity contribution >= 4 is 56.9 Å². The summed E-state index contributed by atoms with van der Waals surface area (Å²) in [5.41, 5.74) is 2.15. The summed E-state index contributed by atoms with van der Waals surface area (Å²) in [6.07, 6.45) is 1.58. The van der Waals surface area contributed by atoms with Crippen molar-refractivity contribution in [1.29, 1.82) is 0 Å². The zero-order chi connectivity index (χ0) is 23.3. The van der Waals surface area contributed by atoms with Gasteiger partial charge in [0.15, 0.2) is 0 Å². The number of nitrogens with zero attached hydrogens (tertiary/aromatic N) is 2. The SMILES string of the molecule is CNC(=O)c1c(F)cccc1Nc1nc(Nc2ccc(SNC(C)C)c(C)c2)ncc1Br. The van der Waals surface area contributed by atoms with Crippen molar-refractivity contribution in [1.82, 2.24) is 20.0 Å². The van der Waals surface area contributed by atoms with Crippen molar-refractivity contribution in [2.24, 2.45) is 0 Å². The van der Waals surface area contributed by atoms with Crippen LogP contribution in [0.4, 0.5) is 27.5 Å². The van der Waals surface area contributed by atoms with Crippen LogP contribution in [0, 0.1) is 12.7 Å². The smallest absolute Gasteiger partial charge is 0.256 e. The maximum Gasteiger partial charge on any atom is 0.256 e. The quantitative estimate of drug-likeness (QED) is 0.291. The van der Waals surface area contributed by atoms with Gasteiger partial charge in [-0.2, -0.15) is 4.98 Å². The van der Waals surface area contributed by atoms with E-state index in [9.17, 15) is 9.18 Å². The van der Waals surface area contributed by atoms with Crippen LogP contribution in [0.25, 0.3) is 0 Å². The van der Waals surface area contributed by atoms with Crippen LogP contribution in [0.1, 0.15) is 29.8 Å². The molecule has 3 aromatic rings. The molecule has 32 heavy (non-hydrogen) atoms. The Hall–Kier alpha value is -2.69. The molecule has 0 saturated carbocycles. The van der Waals surface area contributed by atoms with E-state index in [1.54, 1.807) is 24.2 Å². The van der Waals surface area contributed by atoms with E-state index in [4.69, 9.17) is 0 Å². The Bertz CT molecular complexity index is 1130. The summed E-state index contributed by atoms with van der Waals surface area (Å²) in [5.74, 6) is -0.412. The average molecular weight is 519 g/mol. The number of rotatable bonds is 8. The predicted molar refractivity (Wildman–Crippen MR) is 131 cm³/mol. The summed E-state index contributed by atoms with van der Waals surface area (Å²) >= 11 is 5.00. The summed E-state index contributed by atoms with van der Waals surface area (Å²) in [7, 11) is 1.45. The monoisotopic (exact) mass is 518 g/mol. The second-order valence-corrected chi connectivity index (χ2v) is 8.97. The molecule has 4 N–H and O–H groups in total. The lowest BCUT2D eigenvalue weighted by molar-refractivity contribution is 0.0960. The van der Waals surface area contributed by atoms with Crippen molar-refractivity contribution in [3.8, 4) is 0 Å². The van der Waals surface area contributed by atoms with Crippen LogP contribution in [0.3, 0.4) is 0 Å². The third kappa shape index (κ3) is 5.96. The Morgan fingerprint density at radius 2 is 1.97 bits per heavy atom. The highest BCUT2D eigenvalue weighted by atomic mass is 79.9. The molecule has 0 aliphatic carbocycles. The van der Waals surface area contributed by atoms with Crippen LogP contribution < -0.4 is 20.7 Å². The fourth-order valence-electron chi connectivity index (χ4n) is 2.78. The van der Waals surface area contributed by atoms with E-state index >= 15 is 0 Å². The number of carbonyl (C=O) groups excluding carboxylic acids is 1. The van der Waals surface area contributed by atoms with E-state index in [1.165, 1.54) is 19.2 Å². The Morgan fingerprint density at radius 3 is 2.66 bits per heavy atom. The molecule has 2 aromatic carbocycles. The number of hydrogen-bond acceptors (Lipinski definition) is 7. The molecule has 1 aromatic heterocycles. The van der Waals surface area contributed by atoms with Crippen LogP contribution in [0.15, 0.2) is 52.0 Å². The standard InChI is InChI=1S/C22H24BrFN6OS/c1-12(2)30-32-18-9-8-14(10-13(18)3)27-22-26-11-15(23)20(29-22)28-17-7-5-6-16(24)19(17)21(31)25-4/h5-12,30H,1-4H3,(H,25,31)(H2,26,27,28,29). The summed E-state index contributed by atoms with van der Waals surface area (Å²) in [5, 5.41) is 8.65. The van der Waals surface area contributed by atoms with Crippen LogP contribution in [0.5, 0.6) is 0 Å². The third-order valence-corrected chi connectivity index (χ3v) is 6.15. The van der Waals surface area contributed by atoms with Crippen molar-refractivity contribution in [2.75, 3.05) is 17.7 Å². The van der Waals surface area contributed by atoms with Gasteiger partial charge in [0.1, 0.15) is 11.6 Å². The second-order valence-electron chi connectivity index (χ2n) is 7.24. The lowest BCUT2D eigenvalue weighted by Crippen LogP contribution is -2.21. The lowest BCUT2D eigenvalue weighted by Gasteiger charge is -2.14. The fourth-order valence-corrected chi connectivity index (χ4v) is 3.79. The van der Waals surface area contributed by atoms with Gasteiger partial charge in [-0.05, 0) is 84.5 Å². The van der Waals surface area contributed by atoms with Gasteiger partial charge in [-0.1, -0.05) is 6.07 Å². The number of hydrogen-bond donors (Lipinski definition) is 4. The molecular formula is C22H24BrFN6OS. The van der Waals surface area contributed by atoms with Gasteiger partial charge in [-0.15, -0.1) is 0 Å². The highest BCUT2D eigenvalue weighted by molar-refractivity contribution is 9.10. The summed E-state index contributed by atoms with van der Waals surface area (Å²) in [4.78, 5) is 22.0. The van der Waals surface area contributed by atoms with E-state index in [0.29, 0.717) is 28.0 Å². The third-order valence-electron chi connectivity index (χ3n) is 4.30. The normalized spacial score (nSPS) is 10.8. The molecule has 0 unspecified atom stereocenters. The van der Waals surface area contributed by atoms with Crippen molar-refractivity contribution < 1.29 is 9.18 Å². The number of halogens is 2. The van der Waals surface area contributed by atoms with Gasteiger partial charge in [0.05, 0.1) is 15.7 Å². The van der Waals surface area contributed by atoms with Crippen molar-refractivity contribution in [3.63, 3.8) is 0 Å². The van der Waals surface area contributed by atoms with Crippen LogP contribution in [-0.2, 0) is 0 Å². The molecule has 3 rings (SSSR count). The minimum Gasteiger partial charge on any atom is -0.355 e. The molecule has 0 atom stereocenters. The minimum atomic E-state index is -0.627. The number of nitrogens with one attached hydrogen (secondary N) is 4. The molecule has 0 aliphatic heterocycles. The Kier molecular flexibility index (Phi) is 8.05. The average Bonchev–Trinajstić information content (AvgIpc) is 2.75.